The minimum atomic E-state index is -2.09. The number of hydrogen-bond donors (Lipinski definition) is 0. The third-order valence-corrected chi connectivity index (χ3v) is 4.07. The Morgan fingerprint density at radius 2 is 1.88 bits per heavy atom. The van der Waals surface area contributed by atoms with Crippen molar-refractivity contribution < 1.29 is 13.6 Å². The second-order valence-electron chi connectivity index (χ2n) is 5.51. The molecule has 3 nitrogen and oxygen atoms in total. The van der Waals surface area contributed by atoms with Crippen molar-refractivity contribution in [3.8, 4) is 0 Å². The number of rotatable bonds is 7. The van der Waals surface area contributed by atoms with Crippen LogP contribution in [0, 0.1) is 0 Å². The molecule has 0 N–H and O–H groups in total. The predicted molar refractivity (Wildman–Crippen MR) is 68.8 cm³/mol. The van der Waals surface area contributed by atoms with Crippen LogP contribution >= 0.6 is 0 Å². The van der Waals surface area contributed by atoms with E-state index in [-0.39, 0.29) is 11.7 Å². The molecule has 0 rings (SSSR count). The van der Waals surface area contributed by atoms with E-state index in [1.807, 2.05) is 20.8 Å². The first-order chi connectivity index (χ1) is 7.20. The van der Waals surface area contributed by atoms with E-state index in [9.17, 15) is 4.79 Å². The van der Waals surface area contributed by atoms with Crippen molar-refractivity contribution in [2.24, 2.45) is 0 Å². The van der Waals surface area contributed by atoms with Crippen LogP contribution < -0.4 is 0 Å². The van der Waals surface area contributed by atoms with Crippen molar-refractivity contribution in [2.45, 2.75) is 71.8 Å². The molecule has 96 valence electrons. The lowest BCUT2D eigenvalue weighted by Crippen LogP contribution is -2.44. The molecule has 0 aromatic carbocycles. The van der Waals surface area contributed by atoms with Crippen LogP contribution in [-0.4, -0.2) is 26.6 Å². The number of hydrogen-bond acceptors (Lipinski definition) is 3. The van der Waals surface area contributed by atoms with Gasteiger partial charge in [0.05, 0.1) is 5.60 Å². The summed E-state index contributed by atoms with van der Waals surface area (Å²) in [6, 6.07) is 0. The molecule has 4 heteroatoms. The highest BCUT2D eigenvalue weighted by Crippen LogP contribution is 2.21. The highest BCUT2D eigenvalue weighted by Gasteiger charge is 2.32. The summed E-state index contributed by atoms with van der Waals surface area (Å²) in [5.74, 6) is 0. The summed E-state index contributed by atoms with van der Waals surface area (Å²) in [6.07, 6.45) is 3.39. The summed E-state index contributed by atoms with van der Waals surface area (Å²) < 4.78 is 12.0. The van der Waals surface area contributed by atoms with Crippen LogP contribution in [-0.2, 0) is 13.6 Å². The molecule has 0 bridgehead atoms. The van der Waals surface area contributed by atoms with Crippen LogP contribution in [0.25, 0.3) is 0 Å². The largest absolute Gasteiger partial charge is 0.391 e. The van der Waals surface area contributed by atoms with Crippen molar-refractivity contribution in [1.82, 2.24) is 0 Å². The van der Waals surface area contributed by atoms with E-state index in [4.69, 9.17) is 8.85 Å². The molecule has 0 saturated heterocycles. The highest BCUT2D eigenvalue weighted by atomic mass is 28.4. The van der Waals surface area contributed by atoms with Gasteiger partial charge in [-0.25, -0.2) is 0 Å². The molecule has 0 spiro atoms. The van der Waals surface area contributed by atoms with E-state index in [1.165, 1.54) is 0 Å². The van der Waals surface area contributed by atoms with Crippen molar-refractivity contribution in [2.75, 3.05) is 0 Å². The molecule has 0 aliphatic carbocycles. The Morgan fingerprint density at radius 3 is 2.25 bits per heavy atom. The molecule has 0 heterocycles. The zero-order chi connectivity index (χ0) is 12.8. The summed E-state index contributed by atoms with van der Waals surface area (Å²) in [5.41, 5.74) is -0.168. The average Bonchev–Trinajstić information content (AvgIpc) is 2.07. The zero-order valence-electron chi connectivity index (χ0n) is 11.5. The van der Waals surface area contributed by atoms with Gasteiger partial charge in [0, 0.05) is 12.5 Å². The first-order valence-corrected chi connectivity index (χ1v) is 8.83. The first kappa shape index (κ1) is 15.8. The molecule has 0 aliphatic heterocycles. The minimum absolute atomic E-state index is 0.147. The summed E-state index contributed by atoms with van der Waals surface area (Å²) in [7, 11) is -2.09. The molecule has 0 unspecified atom stereocenters. The molecular formula is C12H26O3Si. The van der Waals surface area contributed by atoms with Gasteiger partial charge in [-0.3, -0.25) is 0 Å². The van der Waals surface area contributed by atoms with Crippen molar-refractivity contribution in [1.29, 1.82) is 0 Å². The quantitative estimate of drug-likeness (QED) is 0.511. The van der Waals surface area contributed by atoms with Crippen LogP contribution in [0.1, 0.15) is 47.0 Å². The molecule has 0 aliphatic rings. The van der Waals surface area contributed by atoms with Gasteiger partial charge < -0.3 is 13.6 Å². The molecule has 0 radical (unpaired) electrons. The first-order valence-electron chi connectivity index (χ1n) is 6.02. The monoisotopic (exact) mass is 246 g/mol. The average molecular weight is 246 g/mol. The molecule has 1 atom stereocenters. The van der Waals surface area contributed by atoms with Gasteiger partial charge in [-0.2, -0.15) is 0 Å². The Bertz CT molecular complexity index is 209. The van der Waals surface area contributed by atoms with Gasteiger partial charge in [0.2, 0.25) is 0 Å². The number of carbonyl (C=O) groups excluding carboxylic acids is 1. The Balaban J connectivity index is 4.24. The molecule has 0 fully saturated rings. The minimum Gasteiger partial charge on any atom is -0.391 e. The molecule has 0 saturated carbocycles. The molecule has 0 aromatic heterocycles. The van der Waals surface area contributed by atoms with E-state index in [2.05, 4.69) is 20.0 Å². The van der Waals surface area contributed by atoms with Crippen LogP contribution in [0.4, 0.5) is 0 Å². The Labute approximate surface area is 101 Å². The van der Waals surface area contributed by atoms with Crippen LogP contribution in [0.3, 0.4) is 0 Å². The highest BCUT2D eigenvalue weighted by molar-refractivity contribution is 6.64. The van der Waals surface area contributed by atoms with E-state index in [0.717, 1.165) is 19.1 Å². The maximum Gasteiger partial charge on any atom is 0.332 e. The Hall–Kier alpha value is -0.193. The number of carbonyl (C=O) groups is 1. The van der Waals surface area contributed by atoms with Gasteiger partial charge in [0.15, 0.2) is 0 Å². The van der Waals surface area contributed by atoms with Gasteiger partial charge >= 0.3 is 8.56 Å². The molecule has 0 amide bonds. The third-order valence-electron chi connectivity index (χ3n) is 2.06. The Morgan fingerprint density at radius 1 is 1.31 bits per heavy atom. The maximum atomic E-state index is 10.3. The fourth-order valence-corrected chi connectivity index (χ4v) is 4.37. The van der Waals surface area contributed by atoms with E-state index in [0.29, 0.717) is 6.42 Å². The zero-order valence-corrected chi connectivity index (χ0v) is 12.5. The normalized spacial score (nSPS) is 14.9. The maximum absolute atomic E-state index is 10.3. The van der Waals surface area contributed by atoms with E-state index < -0.39 is 8.56 Å². The Kier molecular flexibility index (Phi) is 6.44. The van der Waals surface area contributed by atoms with Crippen molar-refractivity contribution >= 4 is 14.8 Å². The predicted octanol–water partition coefficient (Wildman–Crippen LogP) is 3.28. The summed E-state index contributed by atoms with van der Waals surface area (Å²) in [5, 5.41) is 0. The summed E-state index contributed by atoms with van der Waals surface area (Å²) >= 11 is 0. The van der Waals surface area contributed by atoms with Crippen molar-refractivity contribution in [3.05, 3.63) is 0 Å². The topological polar surface area (TPSA) is 35.5 Å². The van der Waals surface area contributed by atoms with Crippen LogP contribution in [0.5, 0.6) is 0 Å². The van der Waals surface area contributed by atoms with Crippen LogP contribution in [0.2, 0.25) is 13.1 Å². The molecule has 0 aromatic rings. The third kappa shape index (κ3) is 8.02. The fourth-order valence-electron chi connectivity index (χ4n) is 1.76. The second-order valence-corrected chi connectivity index (χ2v) is 8.75. The standard InChI is InChI=1S/C12H26O3Si/c1-7-11(9-8-10-13)14-16(5,6)15-12(2,3)4/h10-11H,7-9H2,1-6H3/t11-/m0/s1. The molecule has 16 heavy (non-hydrogen) atoms. The lowest BCUT2D eigenvalue weighted by molar-refractivity contribution is -0.108. The SMILES string of the molecule is CC[C@@H](CCC=O)O[Si](C)(C)OC(C)(C)C. The van der Waals surface area contributed by atoms with Gasteiger partial charge in [-0.05, 0) is 46.7 Å². The lowest BCUT2D eigenvalue weighted by atomic mass is 10.2. The van der Waals surface area contributed by atoms with Gasteiger partial charge in [0.25, 0.3) is 0 Å². The van der Waals surface area contributed by atoms with E-state index in [1.54, 1.807) is 0 Å². The fraction of sp³-hybridized carbons (Fsp3) is 0.917. The number of aldehydes is 1. The molecular weight excluding hydrogens is 220 g/mol. The van der Waals surface area contributed by atoms with Gasteiger partial charge in [0.1, 0.15) is 6.29 Å². The second kappa shape index (κ2) is 6.52. The van der Waals surface area contributed by atoms with Gasteiger partial charge in [-0.1, -0.05) is 6.92 Å². The van der Waals surface area contributed by atoms with Crippen LogP contribution in [0.15, 0.2) is 0 Å². The van der Waals surface area contributed by atoms with Crippen molar-refractivity contribution in [3.63, 3.8) is 0 Å². The summed E-state index contributed by atoms with van der Waals surface area (Å²) in [4.78, 5) is 10.3. The summed E-state index contributed by atoms with van der Waals surface area (Å²) in [6.45, 7) is 12.3. The lowest BCUT2D eigenvalue weighted by Gasteiger charge is -2.34. The smallest absolute Gasteiger partial charge is 0.332 e. The van der Waals surface area contributed by atoms with E-state index >= 15 is 0 Å². The van der Waals surface area contributed by atoms with Gasteiger partial charge in [-0.15, -0.1) is 0 Å².